The largest absolute Gasteiger partial charge is 0.395 e. The molecule has 0 saturated heterocycles. The minimum atomic E-state index is 0.188. The van der Waals surface area contributed by atoms with Crippen molar-refractivity contribution in [3.05, 3.63) is 28.8 Å². The second-order valence-corrected chi connectivity index (χ2v) is 5.82. The number of hydrogen-bond donors (Lipinski definition) is 2. The van der Waals surface area contributed by atoms with Crippen LogP contribution in [-0.4, -0.2) is 30.8 Å². The van der Waals surface area contributed by atoms with Gasteiger partial charge in [-0.1, -0.05) is 37.4 Å². The lowest BCUT2D eigenvalue weighted by Gasteiger charge is -2.31. The zero-order valence-corrected chi connectivity index (χ0v) is 13.0. The molecule has 1 aliphatic carbocycles. The lowest BCUT2D eigenvalue weighted by Crippen LogP contribution is -2.35. The monoisotopic (exact) mass is 296 g/mol. The summed E-state index contributed by atoms with van der Waals surface area (Å²) >= 11 is 6.39. The Labute approximate surface area is 126 Å². The van der Waals surface area contributed by atoms with Crippen LogP contribution in [0.15, 0.2) is 18.2 Å². The fourth-order valence-corrected chi connectivity index (χ4v) is 3.21. The number of halogens is 1. The van der Waals surface area contributed by atoms with Crippen molar-refractivity contribution >= 4 is 17.3 Å². The first-order chi connectivity index (χ1) is 9.76. The number of hydrogen-bond acceptors (Lipinski definition) is 3. The second-order valence-electron chi connectivity index (χ2n) is 5.41. The van der Waals surface area contributed by atoms with Gasteiger partial charge in [0.15, 0.2) is 0 Å². The maximum absolute atomic E-state index is 9.31. The first-order valence-electron chi connectivity index (χ1n) is 7.63. The van der Waals surface area contributed by atoms with Crippen molar-refractivity contribution in [2.45, 2.75) is 45.2 Å². The molecule has 1 aromatic carbocycles. The van der Waals surface area contributed by atoms with Crippen molar-refractivity contribution in [3.63, 3.8) is 0 Å². The number of benzene rings is 1. The van der Waals surface area contributed by atoms with E-state index in [9.17, 15) is 5.11 Å². The van der Waals surface area contributed by atoms with E-state index < -0.39 is 0 Å². The Kier molecular flexibility index (Phi) is 6.14. The molecule has 2 N–H and O–H groups in total. The van der Waals surface area contributed by atoms with Gasteiger partial charge in [0.25, 0.3) is 0 Å². The predicted molar refractivity (Wildman–Crippen MR) is 85.5 cm³/mol. The van der Waals surface area contributed by atoms with Crippen LogP contribution < -0.4 is 10.2 Å². The van der Waals surface area contributed by atoms with Crippen LogP contribution in [0.5, 0.6) is 0 Å². The predicted octanol–water partition coefficient (Wildman–Crippen LogP) is 3.19. The molecule has 0 spiro atoms. The zero-order chi connectivity index (χ0) is 14.4. The van der Waals surface area contributed by atoms with Crippen LogP contribution in [0.2, 0.25) is 5.02 Å². The fraction of sp³-hybridized carbons (Fsp3) is 0.625. The van der Waals surface area contributed by atoms with Gasteiger partial charge in [0, 0.05) is 29.8 Å². The topological polar surface area (TPSA) is 35.5 Å². The first kappa shape index (κ1) is 15.6. The molecule has 0 unspecified atom stereocenters. The Bertz CT molecular complexity index is 419. The number of nitrogens with one attached hydrogen (secondary N) is 1. The summed E-state index contributed by atoms with van der Waals surface area (Å²) in [7, 11) is 0. The summed E-state index contributed by atoms with van der Waals surface area (Å²) in [5.74, 6) is 0. The molecule has 0 aliphatic heterocycles. The molecule has 20 heavy (non-hydrogen) atoms. The Morgan fingerprint density at radius 3 is 2.70 bits per heavy atom. The van der Waals surface area contributed by atoms with Gasteiger partial charge in [-0.25, -0.2) is 0 Å². The molecule has 4 heteroatoms. The summed E-state index contributed by atoms with van der Waals surface area (Å²) in [5, 5.41) is 13.4. The van der Waals surface area contributed by atoms with Crippen LogP contribution in [0.1, 0.15) is 38.2 Å². The Morgan fingerprint density at radius 1 is 1.35 bits per heavy atom. The number of nitrogens with zero attached hydrogens (tertiary/aromatic N) is 1. The van der Waals surface area contributed by atoms with Gasteiger partial charge in [0.05, 0.1) is 6.61 Å². The summed E-state index contributed by atoms with van der Waals surface area (Å²) in [6, 6.07) is 6.83. The smallest absolute Gasteiger partial charge is 0.0606 e. The van der Waals surface area contributed by atoms with Crippen molar-refractivity contribution in [3.8, 4) is 0 Å². The molecule has 1 saturated carbocycles. The SMILES string of the molecule is CCNCc1ccc(N(CCO)C2CCCC2)cc1Cl. The van der Waals surface area contributed by atoms with Crippen LogP contribution in [0, 0.1) is 0 Å². The van der Waals surface area contributed by atoms with Crippen LogP contribution >= 0.6 is 11.6 Å². The Hall–Kier alpha value is -0.770. The number of aliphatic hydroxyl groups is 1. The molecule has 0 bridgehead atoms. The van der Waals surface area contributed by atoms with Crippen LogP contribution in [0.3, 0.4) is 0 Å². The van der Waals surface area contributed by atoms with E-state index in [-0.39, 0.29) is 6.61 Å². The van der Waals surface area contributed by atoms with Gasteiger partial charge in [0.2, 0.25) is 0 Å². The molecule has 0 heterocycles. The number of rotatable bonds is 7. The third kappa shape index (κ3) is 3.87. The average molecular weight is 297 g/mol. The minimum absolute atomic E-state index is 0.188. The number of aliphatic hydroxyl groups excluding tert-OH is 1. The molecule has 0 amide bonds. The van der Waals surface area contributed by atoms with Crippen molar-refractivity contribution in [1.29, 1.82) is 0 Å². The van der Waals surface area contributed by atoms with Crippen molar-refractivity contribution in [1.82, 2.24) is 5.32 Å². The molecule has 112 valence electrons. The van der Waals surface area contributed by atoms with Gasteiger partial charge in [0.1, 0.15) is 0 Å². The van der Waals surface area contributed by atoms with E-state index in [2.05, 4.69) is 29.3 Å². The summed E-state index contributed by atoms with van der Waals surface area (Å²) < 4.78 is 0. The minimum Gasteiger partial charge on any atom is -0.395 e. The highest BCUT2D eigenvalue weighted by Crippen LogP contribution is 2.30. The van der Waals surface area contributed by atoms with Crippen molar-refractivity contribution in [2.75, 3.05) is 24.6 Å². The molecular weight excluding hydrogens is 272 g/mol. The average Bonchev–Trinajstić information content (AvgIpc) is 2.97. The fourth-order valence-electron chi connectivity index (χ4n) is 2.96. The quantitative estimate of drug-likeness (QED) is 0.811. The Morgan fingerprint density at radius 2 is 2.10 bits per heavy atom. The van der Waals surface area contributed by atoms with Crippen molar-refractivity contribution in [2.24, 2.45) is 0 Å². The molecular formula is C16H25ClN2O. The van der Waals surface area contributed by atoms with E-state index in [1.54, 1.807) is 0 Å². The molecule has 1 aliphatic rings. The molecule has 3 nitrogen and oxygen atoms in total. The summed E-state index contributed by atoms with van der Waals surface area (Å²) in [6.45, 7) is 4.71. The van der Waals surface area contributed by atoms with E-state index in [0.717, 1.165) is 29.4 Å². The van der Waals surface area contributed by atoms with E-state index in [0.29, 0.717) is 12.6 Å². The lowest BCUT2D eigenvalue weighted by molar-refractivity contribution is 0.297. The highest BCUT2D eigenvalue weighted by molar-refractivity contribution is 6.31. The molecule has 0 atom stereocenters. The van der Waals surface area contributed by atoms with Gasteiger partial charge < -0.3 is 15.3 Å². The second kappa shape index (κ2) is 7.87. The van der Waals surface area contributed by atoms with Gasteiger partial charge >= 0.3 is 0 Å². The van der Waals surface area contributed by atoms with Crippen LogP contribution in [0.4, 0.5) is 5.69 Å². The van der Waals surface area contributed by atoms with E-state index in [4.69, 9.17) is 11.6 Å². The first-order valence-corrected chi connectivity index (χ1v) is 8.00. The van der Waals surface area contributed by atoms with Gasteiger partial charge in [-0.15, -0.1) is 0 Å². The van der Waals surface area contributed by atoms with Gasteiger partial charge in [-0.3, -0.25) is 0 Å². The molecule has 1 aromatic rings. The summed E-state index contributed by atoms with van der Waals surface area (Å²) in [4.78, 5) is 2.32. The van der Waals surface area contributed by atoms with E-state index >= 15 is 0 Å². The molecule has 1 fully saturated rings. The third-order valence-corrected chi connectivity index (χ3v) is 4.39. The summed E-state index contributed by atoms with van der Waals surface area (Å²) in [5.41, 5.74) is 2.27. The van der Waals surface area contributed by atoms with E-state index in [1.807, 2.05) is 6.07 Å². The van der Waals surface area contributed by atoms with Crippen LogP contribution in [0.25, 0.3) is 0 Å². The highest BCUT2D eigenvalue weighted by Gasteiger charge is 2.22. The normalized spacial score (nSPS) is 15.8. The lowest BCUT2D eigenvalue weighted by atomic mass is 10.1. The third-order valence-electron chi connectivity index (χ3n) is 4.04. The maximum Gasteiger partial charge on any atom is 0.0606 e. The zero-order valence-electron chi connectivity index (χ0n) is 12.2. The molecule has 0 aromatic heterocycles. The Balaban J connectivity index is 2.14. The van der Waals surface area contributed by atoms with Crippen molar-refractivity contribution < 1.29 is 5.11 Å². The number of anilines is 1. The maximum atomic E-state index is 9.31. The van der Waals surface area contributed by atoms with Gasteiger partial charge in [-0.05, 0) is 37.1 Å². The highest BCUT2D eigenvalue weighted by atomic mass is 35.5. The van der Waals surface area contributed by atoms with Crippen LogP contribution in [-0.2, 0) is 6.54 Å². The van der Waals surface area contributed by atoms with E-state index in [1.165, 1.54) is 25.7 Å². The summed E-state index contributed by atoms with van der Waals surface area (Å²) in [6.07, 6.45) is 5.02. The molecule has 0 radical (unpaired) electrons. The standard InChI is InChI=1S/C16H25ClN2O/c1-2-18-12-13-7-8-15(11-16(13)17)19(9-10-20)14-5-3-4-6-14/h7-8,11,14,18,20H,2-6,9-10,12H2,1H3. The van der Waals surface area contributed by atoms with Gasteiger partial charge in [-0.2, -0.15) is 0 Å². The molecule has 2 rings (SSSR count).